The number of ether oxygens (including phenoxy) is 2. The van der Waals surface area contributed by atoms with Gasteiger partial charge in [-0.15, -0.1) is 24.0 Å². The van der Waals surface area contributed by atoms with Gasteiger partial charge in [0.25, 0.3) is 0 Å². The fourth-order valence-electron chi connectivity index (χ4n) is 3.33. The summed E-state index contributed by atoms with van der Waals surface area (Å²) in [5, 5.41) is 6.72. The van der Waals surface area contributed by atoms with Crippen molar-refractivity contribution in [2.45, 2.75) is 44.9 Å². The van der Waals surface area contributed by atoms with E-state index in [0.717, 1.165) is 49.0 Å². The summed E-state index contributed by atoms with van der Waals surface area (Å²) in [7, 11) is 3.47. The SMILES string of the molecule is CN=C(NCCn1cccc1)NCc1ccc(OC)cc1OC1CCCC1.I. The van der Waals surface area contributed by atoms with Crippen LogP contribution >= 0.6 is 24.0 Å². The first kappa shape index (κ1) is 22.4. The van der Waals surface area contributed by atoms with Crippen molar-refractivity contribution in [2.24, 2.45) is 4.99 Å². The molecule has 0 unspecified atom stereocenters. The molecule has 2 aromatic rings. The summed E-state index contributed by atoms with van der Waals surface area (Å²) in [6.07, 6.45) is 9.19. The molecule has 0 aliphatic heterocycles. The lowest BCUT2D eigenvalue weighted by atomic mass is 10.2. The number of halogens is 1. The van der Waals surface area contributed by atoms with Crippen LogP contribution in [0.4, 0.5) is 0 Å². The summed E-state index contributed by atoms with van der Waals surface area (Å²) < 4.78 is 13.8. The van der Waals surface area contributed by atoms with Crippen LogP contribution < -0.4 is 20.1 Å². The van der Waals surface area contributed by atoms with Gasteiger partial charge in [-0.05, 0) is 49.9 Å². The van der Waals surface area contributed by atoms with Crippen molar-refractivity contribution in [1.82, 2.24) is 15.2 Å². The zero-order chi connectivity index (χ0) is 18.9. The molecular weight excluding hydrogens is 467 g/mol. The summed E-state index contributed by atoms with van der Waals surface area (Å²) >= 11 is 0. The Morgan fingerprint density at radius 3 is 2.61 bits per heavy atom. The lowest BCUT2D eigenvalue weighted by molar-refractivity contribution is 0.207. The first-order valence-electron chi connectivity index (χ1n) is 9.67. The Kier molecular flexibility index (Phi) is 9.46. The molecule has 1 aliphatic rings. The average Bonchev–Trinajstić information content (AvgIpc) is 3.39. The molecule has 0 amide bonds. The third kappa shape index (κ3) is 6.61. The van der Waals surface area contributed by atoms with E-state index in [4.69, 9.17) is 9.47 Å². The predicted molar refractivity (Wildman–Crippen MR) is 124 cm³/mol. The lowest BCUT2D eigenvalue weighted by Gasteiger charge is -2.19. The van der Waals surface area contributed by atoms with Crippen LogP contribution in [0.3, 0.4) is 0 Å². The Bertz CT molecular complexity index is 728. The van der Waals surface area contributed by atoms with Crippen LogP contribution in [0, 0.1) is 0 Å². The first-order chi connectivity index (χ1) is 13.3. The smallest absolute Gasteiger partial charge is 0.191 e. The maximum atomic E-state index is 6.26. The molecule has 1 saturated carbocycles. The minimum atomic E-state index is 0. The van der Waals surface area contributed by atoms with Gasteiger partial charge in [0.05, 0.1) is 13.2 Å². The molecule has 1 fully saturated rings. The van der Waals surface area contributed by atoms with E-state index in [0.29, 0.717) is 12.6 Å². The number of aliphatic imine (C=N–C) groups is 1. The molecule has 0 spiro atoms. The number of guanidine groups is 1. The van der Waals surface area contributed by atoms with Crippen LogP contribution in [0.1, 0.15) is 31.2 Å². The van der Waals surface area contributed by atoms with Gasteiger partial charge in [0.2, 0.25) is 0 Å². The van der Waals surface area contributed by atoms with Crippen LogP contribution in [0.25, 0.3) is 0 Å². The van der Waals surface area contributed by atoms with Gasteiger partial charge in [-0.2, -0.15) is 0 Å². The van der Waals surface area contributed by atoms with E-state index in [1.807, 2.05) is 24.3 Å². The normalized spacial score (nSPS) is 14.4. The topological polar surface area (TPSA) is 59.8 Å². The van der Waals surface area contributed by atoms with Crippen LogP contribution in [0.5, 0.6) is 11.5 Å². The molecule has 0 bridgehead atoms. The number of aromatic nitrogens is 1. The molecule has 7 heteroatoms. The van der Waals surface area contributed by atoms with Gasteiger partial charge in [-0.25, -0.2) is 0 Å². The molecule has 1 aromatic heterocycles. The van der Waals surface area contributed by atoms with E-state index in [-0.39, 0.29) is 24.0 Å². The molecule has 2 N–H and O–H groups in total. The van der Waals surface area contributed by atoms with Crippen LogP contribution in [-0.4, -0.2) is 37.3 Å². The van der Waals surface area contributed by atoms with Gasteiger partial charge in [0, 0.05) is 50.7 Å². The van der Waals surface area contributed by atoms with Crippen molar-refractivity contribution in [3.05, 3.63) is 48.3 Å². The van der Waals surface area contributed by atoms with Gasteiger partial charge in [0.15, 0.2) is 5.96 Å². The quantitative estimate of drug-likeness (QED) is 0.330. The summed E-state index contributed by atoms with van der Waals surface area (Å²) in [5.41, 5.74) is 1.11. The summed E-state index contributed by atoms with van der Waals surface area (Å²) in [6.45, 7) is 2.35. The highest BCUT2D eigenvalue weighted by molar-refractivity contribution is 14.0. The third-order valence-electron chi connectivity index (χ3n) is 4.87. The second-order valence-corrected chi connectivity index (χ2v) is 6.77. The number of nitrogens with one attached hydrogen (secondary N) is 2. The molecule has 1 aliphatic carbocycles. The number of hydrogen-bond acceptors (Lipinski definition) is 3. The minimum Gasteiger partial charge on any atom is -0.497 e. The number of hydrogen-bond donors (Lipinski definition) is 2. The fraction of sp³-hybridized carbons (Fsp3) is 0.476. The summed E-state index contributed by atoms with van der Waals surface area (Å²) in [5.74, 6) is 2.50. The number of nitrogens with zero attached hydrogens (tertiary/aromatic N) is 2. The van der Waals surface area contributed by atoms with Crippen LogP contribution in [0.15, 0.2) is 47.7 Å². The highest BCUT2D eigenvalue weighted by atomic mass is 127. The maximum Gasteiger partial charge on any atom is 0.191 e. The Labute approximate surface area is 184 Å². The Balaban J connectivity index is 0.00000280. The molecule has 6 nitrogen and oxygen atoms in total. The van der Waals surface area contributed by atoms with Crippen molar-refractivity contribution in [2.75, 3.05) is 20.7 Å². The van der Waals surface area contributed by atoms with Crippen molar-refractivity contribution in [1.29, 1.82) is 0 Å². The number of methoxy groups -OCH3 is 1. The zero-order valence-corrected chi connectivity index (χ0v) is 19.0. The standard InChI is InChI=1S/C21H30N4O2.HI/c1-22-21(23-11-14-25-12-5-6-13-25)24-16-17-9-10-19(26-2)15-20(17)27-18-7-3-4-8-18;/h5-6,9-10,12-13,15,18H,3-4,7-8,11,14,16H2,1-2H3,(H2,22,23,24);1H. The summed E-state index contributed by atoms with van der Waals surface area (Å²) in [6, 6.07) is 10.1. The molecule has 154 valence electrons. The summed E-state index contributed by atoms with van der Waals surface area (Å²) in [4.78, 5) is 4.31. The average molecular weight is 498 g/mol. The van der Waals surface area contributed by atoms with E-state index in [1.165, 1.54) is 12.8 Å². The first-order valence-corrected chi connectivity index (χ1v) is 9.67. The molecule has 1 aromatic carbocycles. The monoisotopic (exact) mass is 498 g/mol. The predicted octanol–water partition coefficient (Wildman–Crippen LogP) is 3.80. The van der Waals surface area contributed by atoms with E-state index >= 15 is 0 Å². The molecule has 0 saturated heterocycles. The van der Waals surface area contributed by atoms with E-state index in [2.05, 4.69) is 38.7 Å². The minimum absolute atomic E-state index is 0. The van der Waals surface area contributed by atoms with Gasteiger partial charge >= 0.3 is 0 Å². The molecule has 3 rings (SSSR count). The number of rotatable bonds is 8. The van der Waals surface area contributed by atoms with Gasteiger partial charge in [-0.1, -0.05) is 0 Å². The Hall–Kier alpha value is -1.90. The lowest BCUT2D eigenvalue weighted by Crippen LogP contribution is -2.38. The van der Waals surface area contributed by atoms with Crippen molar-refractivity contribution < 1.29 is 9.47 Å². The maximum absolute atomic E-state index is 6.26. The molecule has 0 radical (unpaired) electrons. The molecular formula is C21H31IN4O2. The molecule has 0 atom stereocenters. The second kappa shape index (κ2) is 11.8. The van der Waals surface area contributed by atoms with E-state index < -0.39 is 0 Å². The second-order valence-electron chi connectivity index (χ2n) is 6.77. The highest BCUT2D eigenvalue weighted by Crippen LogP contribution is 2.29. The largest absolute Gasteiger partial charge is 0.497 e. The van der Waals surface area contributed by atoms with E-state index in [9.17, 15) is 0 Å². The van der Waals surface area contributed by atoms with Crippen LogP contribution in [-0.2, 0) is 13.1 Å². The fourth-order valence-corrected chi connectivity index (χ4v) is 3.33. The van der Waals surface area contributed by atoms with Crippen molar-refractivity contribution >= 4 is 29.9 Å². The van der Waals surface area contributed by atoms with Crippen LogP contribution in [0.2, 0.25) is 0 Å². The van der Waals surface area contributed by atoms with E-state index in [1.54, 1.807) is 14.2 Å². The molecule has 28 heavy (non-hydrogen) atoms. The zero-order valence-electron chi connectivity index (χ0n) is 16.7. The Morgan fingerprint density at radius 2 is 1.93 bits per heavy atom. The van der Waals surface area contributed by atoms with Gasteiger partial charge < -0.3 is 24.7 Å². The number of benzene rings is 1. The van der Waals surface area contributed by atoms with Crippen molar-refractivity contribution in [3.8, 4) is 11.5 Å². The Morgan fingerprint density at radius 1 is 1.18 bits per heavy atom. The molecule has 1 heterocycles. The van der Waals surface area contributed by atoms with Gasteiger partial charge in [0.1, 0.15) is 11.5 Å². The third-order valence-corrected chi connectivity index (χ3v) is 4.87. The van der Waals surface area contributed by atoms with Gasteiger partial charge in [-0.3, -0.25) is 4.99 Å². The highest BCUT2D eigenvalue weighted by Gasteiger charge is 2.18. The van der Waals surface area contributed by atoms with Crippen molar-refractivity contribution in [3.63, 3.8) is 0 Å².